The number of benzene rings is 2. The van der Waals surface area contributed by atoms with Crippen LogP contribution < -0.4 is 25.6 Å². The third kappa shape index (κ3) is 10.9. The zero-order valence-electron chi connectivity index (χ0n) is 42.2. The summed E-state index contributed by atoms with van der Waals surface area (Å²) in [7, 11) is 0. The number of hydrogen-bond donors (Lipinski definition) is 4. The summed E-state index contributed by atoms with van der Waals surface area (Å²) in [6.45, 7) is 22.5. The van der Waals surface area contributed by atoms with Crippen molar-refractivity contribution in [2.45, 2.75) is 111 Å². The maximum atomic E-state index is 14.3. The predicted octanol–water partition coefficient (Wildman–Crippen LogP) is 5.83. The number of likely N-dealkylation sites (tertiary alicyclic amines) is 1. The van der Waals surface area contributed by atoms with Crippen molar-refractivity contribution in [1.29, 1.82) is 5.26 Å². The number of ether oxygens (including phenoxy) is 1. The van der Waals surface area contributed by atoms with Crippen LogP contribution in [-0.2, 0) is 14.4 Å². The number of nitrogens with zero attached hydrogens (tertiary/aromatic N) is 7. The van der Waals surface area contributed by atoms with Gasteiger partial charge in [-0.3, -0.25) is 29.0 Å². The Morgan fingerprint density at radius 1 is 0.958 bits per heavy atom. The zero-order valence-corrected chi connectivity index (χ0v) is 43.7. The van der Waals surface area contributed by atoms with Gasteiger partial charge in [0.15, 0.2) is 0 Å². The molecule has 0 bridgehead atoms. The number of amides is 4. The van der Waals surface area contributed by atoms with E-state index in [0.29, 0.717) is 41.0 Å². The number of nitriles is 1. The number of thiazole rings is 1. The first kappa shape index (κ1) is 51.7. The first-order valence-corrected chi connectivity index (χ1v) is 25.7. The molecule has 378 valence electrons. The number of aliphatic hydroxyl groups excluding tert-OH is 1. The molecule has 2 aromatic carbocycles. The van der Waals surface area contributed by atoms with E-state index >= 15 is 0 Å². The van der Waals surface area contributed by atoms with Crippen molar-refractivity contribution in [1.82, 2.24) is 40.6 Å². The van der Waals surface area contributed by atoms with Gasteiger partial charge in [0.2, 0.25) is 17.7 Å². The SMILES string of the molecule is Cc1ncsc1-c1ccc([C@H](C)NC(=O)[C@@H]2C[C@@H](O)CN2C(=O)[C@@H](NC(=O)CN2CCN(C3CN(c4ccc(C(=O)N[C@H]5C(C)(C)[C@H](Oc6ccc(C#N)c(Cl)c6)C5(C)C)cn4)C3)CC2)C(C)(C)C)cc1. The molecule has 1 saturated carbocycles. The highest BCUT2D eigenvalue weighted by atomic mass is 35.5. The number of pyridine rings is 1. The van der Waals surface area contributed by atoms with Crippen LogP contribution in [0.25, 0.3) is 10.4 Å². The molecule has 0 radical (unpaired) electrons. The lowest BCUT2D eigenvalue weighted by molar-refractivity contribution is -0.164. The number of aromatic nitrogens is 2. The second-order valence-electron chi connectivity index (χ2n) is 22.0. The number of β-amino-alcohol motifs (C(OH)–C–C–N with tert-alkyl or cyclic N) is 1. The molecule has 0 spiro atoms. The number of nitrogens with one attached hydrogen (secondary N) is 3. The Kier molecular flexibility index (Phi) is 14.9. The highest BCUT2D eigenvalue weighted by molar-refractivity contribution is 7.13. The Bertz CT molecular complexity index is 2630. The second kappa shape index (κ2) is 20.5. The molecule has 4 amide bonds. The number of rotatable bonds is 14. The molecule has 0 unspecified atom stereocenters. The van der Waals surface area contributed by atoms with Gasteiger partial charge in [0.1, 0.15) is 35.8 Å². The first-order valence-electron chi connectivity index (χ1n) is 24.5. The predicted molar refractivity (Wildman–Crippen MR) is 274 cm³/mol. The summed E-state index contributed by atoms with van der Waals surface area (Å²) >= 11 is 7.84. The van der Waals surface area contributed by atoms with E-state index in [4.69, 9.17) is 16.3 Å². The topological polar surface area (TPSA) is 196 Å². The van der Waals surface area contributed by atoms with Gasteiger partial charge in [-0.2, -0.15) is 5.26 Å². The third-order valence-electron chi connectivity index (χ3n) is 15.0. The fourth-order valence-electron chi connectivity index (χ4n) is 11.1. The molecule has 4 aromatic rings. The van der Waals surface area contributed by atoms with Crippen LogP contribution in [0, 0.1) is 34.5 Å². The van der Waals surface area contributed by atoms with E-state index in [2.05, 4.69) is 74.4 Å². The minimum absolute atomic E-state index is 0.00562. The van der Waals surface area contributed by atoms with Crippen LogP contribution in [0.5, 0.6) is 5.75 Å². The number of aliphatic hydroxyl groups is 1. The Hall–Kier alpha value is -5.64. The zero-order chi connectivity index (χ0) is 51.2. The number of piperazine rings is 1. The van der Waals surface area contributed by atoms with Gasteiger partial charge in [-0.1, -0.05) is 84.3 Å². The average molecular weight is 1010 g/mol. The maximum absolute atomic E-state index is 14.3. The lowest BCUT2D eigenvalue weighted by atomic mass is 9.49. The fraction of sp³-hybridized carbons (Fsp3) is 0.528. The van der Waals surface area contributed by atoms with E-state index in [1.807, 2.05) is 76.5 Å². The average Bonchev–Trinajstić information content (AvgIpc) is 3.93. The summed E-state index contributed by atoms with van der Waals surface area (Å²) in [5, 5.41) is 29.6. The molecule has 16 nitrogen and oxygen atoms in total. The van der Waals surface area contributed by atoms with E-state index in [1.54, 1.807) is 35.7 Å². The summed E-state index contributed by atoms with van der Waals surface area (Å²) < 4.78 is 6.38. The van der Waals surface area contributed by atoms with E-state index < -0.39 is 34.4 Å². The largest absolute Gasteiger partial charge is 0.489 e. The maximum Gasteiger partial charge on any atom is 0.253 e. The number of halogens is 1. The lowest BCUT2D eigenvalue weighted by Crippen LogP contribution is -2.74. The first-order chi connectivity index (χ1) is 33.5. The Balaban J connectivity index is 0.776. The Labute approximate surface area is 426 Å². The quantitative estimate of drug-likeness (QED) is 0.118. The van der Waals surface area contributed by atoms with E-state index in [0.717, 1.165) is 53.7 Å². The highest BCUT2D eigenvalue weighted by Gasteiger charge is 2.64. The third-order valence-corrected chi connectivity index (χ3v) is 16.3. The van der Waals surface area contributed by atoms with Gasteiger partial charge in [0, 0.05) is 87.4 Å². The number of hydrogen-bond acceptors (Lipinski definition) is 13. The van der Waals surface area contributed by atoms with Crippen molar-refractivity contribution in [3.05, 3.63) is 93.7 Å². The van der Waals surface area contributed by atoms with Crippen LogP contribution in [-0.4, -0.2) is 142 Å². The van der Waals surface area contributed by atoms with Crippen LogP contribution >= 0.6 is 22.9 Å². The minimum atomic E-state index is -0.909. The standard InChI is InChI=1S/C53H67ClN10O6S/c1-31(33-10-12-34(13-11-33)44-32(2)57-30-71-44)58-47(68)41-22-38(65)28-64(41)48(69)45(51(3,4)5)59-43(66)29-61-18-20-62(21-19-61)37-26-63(27-37)42-17-15-36(25-56-42)46(67)60-49-52(6,7)50(53(49,8)9)70-39-16-14-35(24-55)40(54)23-39/h10-17,23,25,30-31,37-38,41,45,49-50,65H,18-22,26-29H2,1-9H3,(H,58,68)(H,59,66)(H,60,67)/t31-,38+,41-,45+,49-,50-/m0/s1. The van der Waals surface area contributed by atoms with Gasteiger partial charge < -0.3 is 35.6 Å². The molecule has 4 atom stereocenters. The molecular weight excluding hydrogens is 940 g/mol. The van der Waals surface area contributed by atoms with Crippen LogP contribution in [0.1, 0.15) is 95.0 Å². The summed E-state index contributed by atoms with van der Waals surface area (Å²) in [5.41, 5.74) is 4.17. The van der Waals surface area contributed by atoms with Crippen molar-refractivity contribution in [3.8, 4) is 22.3 Å². The van der Waals surface area contributed by atoms with Gasteiger partial charge in [-0.25, -0.2) is 9.97 Å². The molecule has 71 heavy (non-hydrogen) atoms. The Morgan fingerprint density at radius 2 is 1.65 bits per heavy atom. The molecule has 1 aliphatic carbocycles. The highest BCUT2D eigenvalue weighted by Crippen LogP contribution is 2.55. The van der Waals surface area contributed by atoms with E-state index in [1.165, 1.54) is 4.90 Å². The summed E-state index contributed by atoms with van der Waals surface area (Å²) in [6.07, 6.45) is 0.662. The van der Waals surface area contributed by atoms with Crippen LogP contribution in [0.3, 0.4) is 0 Å². The molecule has 4 N–H and O–H groups in total. The fourth-order valence-corrected chi connectivity index (χ4v) is 12.1. The second-order valence-corrected chi connectivity index (χ2v) is 23.2. The van der Waals surface area contributed by atoms with E-state index in [9.17, 15) is 29.5 Å². The summed E-state index contributed by atoms with van der Waals surface area (Å²) in [6, 6.07) is 16.8. The monoisotopic (exact) mass is 1010 g/mol. The summed E-state index contributed by atoms with van der Waals surface area (Å²) in [5.74, 6) is 0.188. The molecule has 8 rings (SSSR count). The number of carbonyl (C=O) groups excluding carboxylic acids is 4. The van der Waals surface area contributed by atoms with Crippen molar-refractivity contribution in [2.75, 3.05) is 57.3 Å². The smallest absolute Gasteiger partial charge is 0.253 e. The molecule has 3 aliphatic heterocycles. The van der Waals surface area contributed by atoms with Crippen LogP contribution in [0.15, 0.2) is 66.3 Å². The van der Waals surface area contributed by atoms with Gasteiger partial charge >= 0.3 is 0 Å². The van der Waals surface area contributed by atoms with Crippen LogP contribution in [0.4, 0.5) is 5.82 Å². The normalized spacial score (nSPS) is 23.1. The van der Waals surface area contributed by atoms with Crippen molar-refractivity contribution in [3.63, 3.8) is 0 Å². The Morgan fingerprint density at radius 3 is 2.24 bits per heavy atom. The molecular formula is C53H67ClN10O6S. The van der Waals surface area contributed by atoms with Gasteiger partial charge in [0.05, 0.1) is 50.9 Å². The molecule has 18 heteroatoms. The van der Waals surface area contributed by atoms with Gasteiger partial charge in [-0.15, -0.1) is 11.3 Å². The molecule has 2 aromatic heterocycles. The number of carbonyl (C=O) groups is 4. The minimum Gasteiger partial charge on any atom is -0.489 e. The molecule has 5 heterocycles. The van der Waals surface area contributed by atoms with Crippen molar-refractivity contribution in [2.24, 2.45) is 16.2 Å². The number of anilines is 1. The lowest BCUT2D eigenvalue weighted by Gasteiger charge is -2.63. The number of aryl methyl sites for hydroxylation is 1. The van der Waals surface area contributed by atoms with Crippen LogP contribution in [0.2, 0.25) is 5.02 Å². The van der Waals surface area contributed by atoms with E-state index in [-0.39, 0.29) is 61.3 Å². The molecule has 3 saturated heterocycles. The van der Waals surface area contributed by atoms with Gasteiger partial charge in [-0.05, 0) is 54.7 Å². The molecule has 4 fully saturated rings. The van der Waals surface area contributed by atoms with Gasteiger partial charge in [0.25, 0.3) is 5.91 Å². The molecule has 4 aliphatic rings. The van der Waals surface area contributed by atoms with Crippen molar-refractivity contribution >= 4 is 52.4 Å². The van der Waals surface area contributed by atoms with Crippen molar-refractivity contribution < 1.29 is 29.0 Å². The summed E-state index contributed by atoms with van der Waals surface area (Å²) in [4.78, 5) is 73.5.